The minimum Gasteiger partial charge on any atom is -0.300 e. The van der Waals surface area contributed by atoms with Crippen LogP contribution in [0.5, 0.6) is 0 Å². The lowest BCUT2D eigenvalue weighted by Crippen LogP contribution is -2.32. The molecule has 0 unspecified atom stereocenters. The lowest BCUT2D eigenvalue weighted by Gasteiger charge is -2.28. The molecule has 0 aliphatic carbocycles. The number of nitrogens with zero attached hydrogens (tertiary/aromatic N) is 5. The van der Waals surface area contributed by atoms with Gasteiger partial charge in [-0.15, -0.1) is 0 Å². The molecule has 158 valence electrons. The molecule has 0 amide bonds. The van der Waals surface area contributed by atoms with Gasteiger partial charge in [0.05, 0.1) is 19.3 Å². The number of hydrogen-bond donors (Lipinski definition) is 0. The smallest absolute Gasteiger partial charge is 0.199 e. The van der Waals surface area contributed by atoms with Crippen molar-refractivity contribution in [1.29, 1.82) is 0 Å². The summed E-state index contributed by atoms with van der Waals surface area (Å²) >= 11 is 5.93. The van der Waals surface area contributed by atoms with Gasteiger partial charge in [-0.25, -0.2) is 4.68 Å². The highest BCUT2D eigenvalue weighted by Gasteiger charge is 2.23. The third-order valence-electron chi connectivity index (χ3n) is 5.99. The fourth-order valence-electron chi connectivity index (χ4n) is 4.35. The third-order valence-corrected chi connectivity index (χ3v) is 6.42. The molecule has 0 fully saturated rings. The van der Waals surface area contributed by atoms with Crippen LogP contribution in [-0.2, 0) is 26.2 Å². The number of benzene rings is 2. The van der Waals surface area contributed by atoms with Crippen LogP contribution in [0, 0.1) is 4.77 Å². The Morgan fingerprint density at radius 2 is 1.73 bits per heavy atom. The largest absolute Gasteiger partial charge is 0.300 e. The van der Waals surface area contributed by atoms with E-state index in [0.717, 1.165) is 49.7 Å². The Kier molecular flexibility index (Phi) is 6.46. The molecule has 0 N–H and O–H groups in total. The zero-order valence-electron chi connectivity index (χ0n) is 18.2. The van der Waals surface area contributed by atoms with Gasteiger partial charge in [0.15, 0.2) is 4.77 Å². The Morgan fingerprint density at radius 1 is 1.03 bits per heavy atom. The molecule has 0 spiro atoms. The summed E-state index contributed by atoms with van der Waals surface area (Å²) in [6.45, 7) is 5.67. The molecule has 5 nitrogen and oxygen atoms in total. The number of fused-ring (bicyclic) bond motifs is 1. The van der Waals surface area contributed by atoms with E-state index in [2.05, 4.69) is 90.0 Å². The van der Waals surface area contributed by atoms with Crippen LogP contribution >= 0.6 is 12.2 Å². The first kappa shape index (κ1) is 21.0. The van der Waals surface area contributed by atoms with E-state index in [1.54, 1.807) is 0 Å². The van der Waals surface area contributed by atoms with E-state index in [1.165, 1.54) is 16.7 Å². The zero-order chi connectivity index (χ0) is 21.1. The number of aromatic nitrogens is 3. The Morgan fingerprint density at radius 3 is 2.43 bits per heavy atom. The maximum absolute atomic E-state index is 5.93. The van der Waals surface area contributed by atoms with Crippen LogP contribution in [0.15, 0.2) is 54.6 Å². The highest BCUT2D eigenvalue weighted by atomic mass is 32.1. The van der Waals surface area contributed by atoms with Crippen molar-refractivity contribution in [3.8, 4) is 0 Å². The second kappa shape index (κ2) is 9.25. The van der Waals surface area contributed by atoms with Crippen LogP contribution in [0.1, 0.15) is 41.9 Å². The minimum absolute atomic E-state index is 0.235. The predicted octanol–water partition coefficient (Wildman–Crippen LogP) is 4.49. The highest BCUT2D eigenvalue weighted by Crippen LogP contribution is 2.23. The van der Waals surface area contributed by atoms with E-state index in [4.69, 9.17) is 17.3 Å². The van der Waals surface area contributed by atoms with E-state index in [0.29, 0.717) is 0 Å². The second-order valence-electron chi connectivity index (χ2n) is 8.31. The molecular weight excluding hydrogens is 390 g/mol. The van der Waals surface area contributed by atoms with Crippen LogP contribution in [0.4, 0.5) is 0 Å². The number of rotatable bonds is 7. The highest BCUT2D eigenvalue weighted by molar-refractivity contribution is 7.71. The van der Waals surface area contributed by atoms with Gasteiger partial charge in [0.2, 0.25) is 0 Å². The van der Waals surface area contributed by atoms with Crippen LogP contribution < -0.4 is 0 Å². The molecule has 2 heterocycles. The average Bonchev–Trinajstić information content (AvgIpc) is 3.04. The maximum atomic E-state index is 5.93. The Balaban J connectivity index is 1.64. The van der Waals surface area contributed by atoms with Gasteiger partial charge in [0.25, 0.3) is 0 Å². The summed E-state index contributed by atoms with van der Waals surface area (Å²) in [6.07, 6.45) is 2.07. The normalized spacial score (nSPS) is 15.3. The molecule has 3 aromatic rings. The van der Waals surface area contributed by atoms with E-state index in [1.807, 2.05) is 4.68 Å². The van der Waals surface area contributed by atoms with Crippen molar-refractivity contribution in [2.24, 2.45) is 0 Å². The molecule has 1 aliphatic rings. The molecule has 0 bridgehead atoms. The van der Waals surface area contributed by atoms with Gasteiger partial charge in [0, 0.05) is 13.1 Å². The summed E-state index contributed by atoms with van der Waals surface area (Å²) in [5.74, 6) is 1.05. The predicted molar refractivity (Wildman–Crippen MR) is 124 cm³/mol. The third kappa shape index (κ3) is 4.41. The second-order valence-corrected chi connectivity index (χ2v) is 8.68. The Bertz CT molecular complexity index is 1040. The monoisotopic (exact) mass is 421 g/mol. The standard InChI is InChI=1S/C24H31N5S/c1-4-22(26(2)3)23-25-29(24(30)28(23)16-19-10-6-5-7-11-19)18-27-15-14-20-12-8-9-13-21(20)17-27/h5-13,22H,4,14-18H2,1-3H3/t22-/m1/s1. The topological polar surface area (TPSA) is 29.2 Å². The van der Waals surface area contributed by atoms with Crippen molar-refractivity contribution >= 4 is 12.2 Å². The Labute approximate surface area is 184 Å². The first-order valence-corrected chi connectivity index (χ1v) is 11.1. The van der Waals surface area contributed by atoms with Gasteiger partial charge in [-0.1, -0.05) is 61.5 Å². The van der Waals surface area contributed by atoms with Gasteiger partial charge in [-0.05, 0) is 55.8 Å². The molecule has 0 radical (unpaired) electrons. The fraction of sp³-hybridized carbons (Fsp3) is 0.417. The molecule has 4 rings (SSSR count). The van der Waals surface area contributed by atoms with E-state index >= 15 is 0 Å². The van der Waals surface area contributed by atoms with Gasteiger partial charge in [-0.3, -0.25) is 14.4 Å². The molecule has 1 aromatic heterocycles. The molecule has 0 saturated carbocycles. The zero-order valence-corrected chi connectivity index (χ0v) is 19.0. The van der Waals surface area contributed by atoms with Gasteiger partial charge in [-0.2, -0.15) is 5.10 Å². The van der Waals surface area contributed by atoms with Crippen molar-refractivity contribution in [1.82, 2.24) is 24.1 Å². The summed E-state index contributed by atoms with van der Waals surface area (Å²) < 4.78 is 5.04. The van der Waals surface area contributed by atoms with E-state index in [-0.39, 0.29) is 6.04 Å². The van der Waals surface area contributed by atoms with Crippen LogP contribution in [-0.4, -0.2) is 44.8 Å². The van der Waals surface area contributed by atoms with Crippen LogP contribution in [0.25, 0.3) is 0 Å². The van der Waals surface area contributed by atoms with E-state index < -0.39 is 0 Å². The quantitative estimate of drug-likeness (QED) is 0.526. The van der Waals surface area contributed by atoms with Crippen molar-refractivity contribution in [2.75, 3.05) is 20.6 Å². The van der Waals surface area contributed by atoms with Gasteiger partial charge >= 0.3 is 0 Å². The lowest BCUT2D eigenvalue weighted by atomic mass is 10.0. The van der Waals surface area contributed by atoms with Crippen molar-refractivity contribution in [3.05, 3.63) is 81.9 Å². The van der Waals surface area contributed by atoms with Crippen molar-refractivity contribution in [3.63, 3.8) is 0 Å². The summed E-state index contributed by atoms with van der Waals surface area (Å²) in [6, 6.07) is 19.5. The lowest BCUT2D eigenvalue weighted by molar-refractivity contribution is 0.186. The molecule has 1 aliphatic heterocycles. The number of hydrogen-bond acceptors (Lipinski definition) is 4. The molecule has 6 heteroatoms. The van der Waals surface area contributed by atoms with Gasteiger partial charge in [0.1, 0.15) is 5.82 Å². The van der Waals surface area contributed by atoms with E-state index in [9.17, 15) is 0 Å². The fourth-order valence-corrected chi connectivity index (χ4v) is 4.61. The van der Waals surface area contributed by atoms with Crippen molar-refractivity contribution < 1.29 is 0 Å². The summed E-state index contributed by atoms with van der Waals surface area (Å²) in [7, 11) is 4.23. The molecule has 0 saturated heterocycles. The van der Waals surface area contributed by atoms with Gasteiger partial charge < -0.3 is 0 Å². The molecule has 1 atom stereocenters. The first-order valence-electron chi connectivity index (χ1n) is 10.7. The van der Waals surface area contributed by atoms with Crippen LogP contribution in [0.3, 0.4) is 0 Å². The average molecular weight is 422 g/mol. The molecule has 30 heavy (non-hydrogen) atoms. The summed E-state index contributed by atoms with van der Waals surface area (Å²) in [5, 5.41) is 5.04. The van der Waals surface area contributed by atoms with Crippen molar-refractivity contribution in [2.45, 2.75) is 45.6 Å². The minimum atomic E-state index is 0.235. The first-order chi connectivity index (χ1) is 14.6. The molecule has 2 aromatic carbocycles. The molecular formula is C24H31N5S. The SMILES string of the molecule is CC[C@H](c1nn(CN2CCc3ccccc3C2)c(=S)n1Cc1ccccc1)N(C)C. The summed E-state index contributed by atoms with van der Waals surface area (Å²) in [5.41, 5.74) is 4.13. The maximum Gasteiger partial charge on any atom is 0.199 e. The summed E-state index contributed by atoms with van der Waals surface area (Å²) in [4.78, 5) is 4.68. The Hall–Kier alpha value is -2.28. The van der Waals surface area contributed by atoms with Crippen LogP contribution in [0.2, 0.25) is 0 Å².